The minimum atomic E-state index is 0.622. The Kier molecular flexibility index (Phi) is 2.97. The monoisotopic (exact) mass is 221 g/mol. The molecule has 0 atom stereocenters. The summed E-state index contributed by atoms with van der Waals surface area (Å²) in [5.74, 6) is 0.833. The van der Waals surface area contributed by atoms with E-state index in [0.29, 0.717) is 6.61 Å². The Bertz CT molecular complexity index is 412. The highest BCUT2D eigenvalue weighted by Gasteiger charge is 2.09. The van der Waals surface area contributed by atoms with Gasteiger partial charge in [0.05, 0.1) is 0 Å². The minimum absolute atomic E-state index is 0.622. The van der Waals surface area contributed by atoms with Gasteiger partial charge < -0.3 is 9.64 Å². The maximum absolute atomic E-state index is 5.93. The lowest BCUT2D eigenvalue weighted by atomic mass is 10.3. The number of hydrogen-bond acceptors (Lipinski definition) is 2. The van der Waals surface area contributed by atoms with Gasteiger partial charge in [-0.25, -0.2) is 0 Å². The van der Waals surface area contributed by atoms with Gasteiger partial charge >= 0.3 is 0 Å². The smallest absolute Gasteiger partial charge is 0.193 e. The summed E-state index contributed by atoms with van der Waals surface area (Å²) in [5.41, 5.74) is 1.02. The zero-order valence-electron chi connectivity index (χ0n) is 8.48. The standard InChI is InChI=1S/C12H12ClNO/c1-14(12-7-2-3-8-15-12)11-6-4-5-10(13)9-11/h2-7,9H,8H2,1H3. The van der Waals surface area contributed by atoms with Crippen molar-refractivity contribution in [2.24, 2.45) is 0 Å². The van der Waals surface area contributed by atoms with Crippen LogP contribution >= 0.6 is 11.6 Å². The number of benzene rings is 1. The molecule has 0 bridgehead atoms. The van der Waals surface area contributed by atoms with E-state index in [1.807, 2.05) is 54.4 Å². The Morgan fingerprint density at radius 1 is 1.40 bits per heavy atom. The molecule has 0 fully saturated rings. The summed E-state index contributed by atoms with van der Waals surface area (Å²) in [6, 6.07) is 7.68. The zero-order valence-corrected chi connectivity index (χ0v) is 9.24. The summed E-state index contributed by atoms with van der Waals surface area (Å²) in [6.07, 6.45) is 5.89. The van der Waals surface area contributed by atoms with Gasteiger partial charge in [0.25, 0.3) is 0 Å². The number of nitrogens with zero attached hydrogens (tertiary/aromatic N) is 1. The van der Waals surface area contributed by atoms with E-state index in [-0.39, 0.29) is 0 Å². The van der Waals surface area contributed by atoms with Crippen LogP contribution in [0.4, 0.5) is 5.69 Å². The van der Waals surface area contributed by atoms with Crippen molar-refractivity contribution >= 4 is 17.3 Å². The van der Waals surface area contributed by atoms with Crippen LogP contribution in [-0.4, -0.2) is 13.7 Å². The predicted molar refractivity (Wildman–Crippen MR) is 63.0 cm³/mol. The third-order valence-electron chi connectivity index (χ3n) is 2.23. The molecule has 1 aliphatic heterocycles. The fourth-order valence-electron chi connectivity index (χ4n) is 1.41. The minimum Gasteiger partial charge on any atom is -0.475 e. The average molecular weight is 222 g/mol. The number of hydrogen-bond donors (Lipinski definition) is 0. The molecule has 78 valence electrons. The molecule has 0 saturated heterocycles. The highest BCUT2D eigenvalue weighted by molar-refractivity contribution is 6.30. The summed E-state index contributed by atoms with van der Waals surface area (Å²) >= 11 is 5.93. The summed E-state index contributed by atoms with van der Waals surface area (Å²) in [6.45, 7) is 0.622. The first-order valence-electron chi connectivity index (χ1n) is 4.76. The molecule has 1 aliphatic rings. The van der Waals surface area contributed by atoms with E-state index in [1.54, 1.807) is 0 Å². The maximum atomic E-state index is 5.93. The van der Waals surface area contributed by atoms with Gasteiger partial charge in [0.2, 0.25) is 0 Å². The van der Waals surface area contributed by atoms with Crippen LogP contribution in [0.2, 0.25) is 5.02 Å². The van der Waals surface area contributed by atoms with Crippen molar-refractivity contribution in [2.75, 3.05) is 18.6 Å². The van der Waals surface area contributed by atoms with Crippen molar-refractivity contribution in [3.63, 3.8) is 0 Å². The summed E-state index contributed by atoms with van der Waals surface area (Å²) in [5, 5.41) is 0.728. The number of ether oxygens (including phenoxy) is 1. The van der Waals surface area contributed by atoms with Crippen LogP contribution in [0.1, 0.15) is 0 Å². The summed E-state index contributed by atoms with van der Waals surface area (Å²) in [4.78, 5) is 1.97. The number of allylic oxidation sites excluding steroid dienone is 2. The van der Waals surface area contributed by atoms with Crippen LogP contribution in [0.15, 0.2) is 48.4 Å². The molecule has 0 amide bonds. The third kappa shape index (κ3) is 2.34. The molecule has 2 rings (SSSR count). The highest BCUT2D eigenvalue weighted by Crippen LogP contribution is 2.22. The molecule has 0 saturated carbocycles. The first-order valence-corrected chi connectivity index (χ1v) is 5.14. The van der Waals surface area contributed by atoms with E-state index in [2.05, 4.69) is 0 Å². The lowest BCUT2D eigenvalue weighted by Crippen LogP contribution is -2.19. The van der Waals surface area contributed by atoms with Gasteiger partial charge in [-0.3, -0.25) is 0 Å². The Labute approximate surface area is 94.4 Å². The van der Waals surface area contributed by atoms with E-state index < -0.39 is 0 Å². The van der Waals surface area contributed by atoms with Crippen LogP contribution in [-0.2, 0) is 4.74 Å². The van der Waals surface area contributed by atoms with Gasteiger partial charge in [0.1, 0.15) is 6.61 Å². The lowest BCUT2D eigenvalue weighted by Gasteiger charge is -2.23. The molecular weight excluding hydrogens is 210 g/mol. The van der Waals surface area contributed by atoms with E-state index in [4.69, 9.17) is 16.3 Å². The fourth-order valence-corrected chi connectivity index (χ4v) is 1.59. The van der Waals surface area contributed by atoms with E-state index in [0.717, 1.165) is 16.6 Å². The third-order valence-corrected chi connectivity index (χ3v) is 2.46. The van der Waals surface area contributed by atoms with Crippen molar-refractivity contribution in [3.05, 3.63) is 53.4 Å². The van der Waals surface area contributed by atoms with Gasteiger partial charge in [-0.05, 0) is 30.4 Å². The molecule has 3 heteroatoms. The lowest BCUT2D eigenvalue weighted by molar-refractivity contribution is 0.236. The van der Waals surface area contributed by atoms with Crippen LogP contribution in [0.25, 0.3) is 0 Å². The number of halogens is 1. The molecule has 0 radical (unpaired) electrons. The van der Waals surface area contributed by atoms with Gasteiger partial charge in [-0.1, -0.05) is 23.7 Å². The number of rotatable bonds is 2. The number of anilines is 1. The summed E-state index contributed by atoms with van der Waals surface area (Å²) < 4.78 is 5.49. The Balaban J connectivity index is 2.23. The van der Waals surface area contributed by atoms with Crippen LogP contribution in [0, 0.1) is 0 Å². The van der Waals surface area contributed by atoms with Crippen LogP contribution in [0.5, 0.6) is 0 Å². The van der Waals surface area contributed by atoms with Crippen molar-refractivity contribution in [2.45, 2.75) is 0 Å². The second kappa shape index (κ2) is 4.41. The zero-order chi connectivity index (χ0) is 10.7. The first kappa shape index (κ1) is 10.1. The molecule has 0 N–H and O–H groups in total. The molecule has 1 aromatic rings. The molecule has 0 aromatic heterocycles. The quantitative estimate of drug-likeness (QED) is 0.761. The van der Waals surface area contributed by atoms with Gasteiger partial charge in [-0.2, -0.15) is 0 Å². The second-order valence-electron chi connectivity index (χ2n) is 3.28. The van der Waals surface area contributed by atoms with Crippen molar-refractivity contribution in [3.8, 4) is 0 Å². The molecule has 0 aliphatic carbocycles. The van der Waals surface area contributed by atoms with E-state index in [1.165, 1.54) is 0 Å². The molecule has 15 heavy (non-hydrogen) atoms. The largest absolute Gasteiger partial charge is 0.475 e. The topological polar surface area (TPSA) is 12.5 Å². The Morgan fingerprint density at radius 2 is 2.27 bits per heavy atom. The van der Waals surface area contributed by atoms with E-state index in [9.17, 15) is 0 Å². The van der Waals surface area contributed by atoms with Crippen LogP contribution < -0.4 is 4.90 Å². The highest BCUT2D eigenvalue weighted by atomic mass is 35.5. The van der Waals surface area contributed by atoms with Gasteiger partial charge in [0.15, 0.2) is 5.88 Å². The maximum Gasteiger partial charge on any atom is 0.193 e. The molecule has 1 heterocycles. The normalized spacial score (nSPS) is 14.4. The van der Waals surface area contributed by atoms with Crippen molar-refractivity contribution < 1.29 is 4.74 Å². The Morgan fingerprint density at radius 3 is 2.93 bits per heavy atom. The van der Waals surface area contributed by atoms with Crippen molar-refractivity contribution in [1.82, 2.24) is 0 Å². The average Bonchev–Trinajstić information content (AvgIpc) is 2.29. The van der Waals surface area contributed by atoms with E-state index >= 15 is 0 Å². The first-order chi connectivity index (χ1) is 7.27. The molecule has 2 nitrogen and oxygen atoms in total. The predicted octanol–water partition coefficient (Wildman–Crippen LogP) is 3.20. The molecule has 0 spiro atoms. The Hall–Kier alpha value is -1.41. The molecule has 1 aromatic carbocycles. The van der Waals surface area contributed by atoms with Crippen LogP contribution in [0.3, 0.4) is 0 Å². The molecular formula is C12H12ClNO. The SMILES string of the molecule is CN(C1=CC=CCO1)c1cccc(Cl)c1. The second-order valence-corrected chi connectivity index (χ2v) is 3.72. The summed E-state index contributed by atoms with van der Waals surface area (Å²) in [7, 11) is 1.96. The molecule has 0 unspecified atom stereocenters. The van der Waals surface area contributed by atoms with Crippen molar-refractivity contribution in [1.29, 1.82) is 0 Å². The fraction of sp³-hybridized carbons (Fsp3) is 0.167. The van der Waals surface area contributed by atoms with Gasteiger partial charge in [0, 0.05) is 17.8 Å². The van der Waals surface area contributed by atoms with Gasteiger partial charge in [-0.15, -0.1) is 0 Å².